The number of pyridine rings is 1. The minimum absolute atomic E-state index is 0.0305. The minimum Gasteiger partial charge on any atom is -0.344 e. The molecule has 0 bridgehead atoms. The Kier molecular flexibility index (Phi) is 13.6. The van der Waals surface area contributed by atoms with Crippen LogP contribution in [0.2, 0.25) is 0 Å². The molecule has 4 rings (SSSR count). The van der Waals surface area contributed by atoms with Crippen LogP contribution in [0.15, 0.2) is 54.8 Å². The van der Waals surface area contributed by atoms with Crippen molar-refractivity contribution in [2.75, 3.05) is 13.1 Å². The van der Waals surface area contributed by atoms with Crippen molar-refractivity contribution >= 4 is 17.3 Å². The molecule has 1 aromatic heterocycles. The van der Waals surface area contributed by atoms with Gasteiger partial charge in [0.15, 0.2) is 0 Å². The molecule has 2 aromatic rings. The molecule has 2 aliphatic rings. The smallest absolute Gasteiger partial charge is 0.251 e. The molecule has 1 saturated carbocycles. The summed E-state index contributed by atoms with van der Waals surface area (Å²) in [6.45, 7) is 23.2. The first kappa shape index (κ1) is 37.0. The van der Waals surface area contributed by atoms with Crippen LogP contribution in [-0.2, 0) is 15.0 Å². The standard InChI is InChI=1S/C25H32F2N2O2.C10H15N.C2H6/c1-16-5-8-21(9-6-16)29-14-25(15-29,13-19(4)30)28-24(31)18(3)11-17(2)22-10-7-20(26)12-23(22)27;1-8-7-9(5-6-11-8)10(2,3)4;1-2/h7,10-12,16,21H,3,5-6,8-9,13-15H2,1-2,4H3,(H,28,31);5-7H,1-4H3;1-2H3/b17-11+;;. The number of hydrogen-bond acceptors (Lipinski definition) is 4. The van der Waals surface area contributed by atoms with Gasteiger partial charge in [-0.1, -0.05) is 48.1 Å². The quantitative estimate of drug-likeness (QED) is 0.253. The third-order valence-corrected chi connectivity index (χ3v) is 8.28. The Morgan fingerprint density at radius 3 is 2.18 bits per heavy atom. The molecule has 0 radical (unpaired) electrons. The number of likely N-dealkylation sites (tertiary alicyclic amines) is 1. The molecule has 7 heteroatoms. The Bertz CT molecular complexity index is 1310. The number of allylic oxidation sites excluding steroid dienone is 1. The molecule has 1 saturated heterocycles. The molecule has 242 valence electrons. The lowest BCUT2D eigenvalue weighted by Gasteiger charge is -2.54. The van der Waals surface area contributed by atoms with E-state index in [0.29, 0.717) is 24.7 Å². The van der Waals surface area contributed by atoms with Crippen molar-refractivity contribution in [1.82, 2.24) is 15.2 Å². The molecule has 0 unspecified atom stereocenters. The van der Waals surface area contributed by atoms with Crippen LogP contribution in [0.25, 0.3) is 5.57 Å². The monoisotopic (exact) mass is 609 g/mol. The zero-order valence-electron chi connectivity index (χ0n) is 28.3. The topological polar surface area (TPSA) is 62.3 Å². The largest absolute Gasteiger partial charge is 0.344 e. The number of benzene rings is 1. The number of nitrogens with one attached hydrogen (secondary N) is 1. The summed E-state index contributed by atoms with van der Waals surface area (Å²) in [5, 5.41) is 3.02. The van der Waals surface area contributed by atoms with Crippen molar-refractivity contribution in [2.24, 2.45) is 5.92 Å². The number of hydrogen-bond donors (Lipinski definition) is 1. The zero-order chi connectivity index (χ0) is 33.2. The molecule has 0 atom stereocenters. The van der Waals surface area contributed by atoms with Gasteiger partial charge in [-0.15, -0.1) is 0 Å². The van der Waals surface area contributed by atoms with Gasteiger partial charge in [0.05, 0.1) is 5.54 Å². The summed E-state index contributed by atoms with van der Waals surface area (Å²) in [5.41, 5.74) is 2.97. The third-order valence-electron chi connectivity index (χ3n) is 8.28. The molecule has 1 aliphatic heterocycles. The Labute approximate surface area is 264 Å². The second kappa shape index (κ2) is 16.2. The summed E-state index contributed by atoms with van der Waals surface area (Å²) in [6.07, 6.45) is 8.39. The maximum absolute atomic E-state index is 14.0. The van der Waals surface area contributed by atoms with Gasteiger partial charge in [-0.2, -0.15) is 0 Å². The van der Waals surface area contributed by atoms with E-state index in [1.807, 2.05) is 27.0 Å². The first-order valence-electron chi connectivity index (χ1n) is 15.9. The van der Waals surface area contributed by atoms with Gasteiger partial charge in [-0.3, -0.25) is 19.5 Å². The summed E-state index contributed by atoms with van der Waals surface area (Å²) < 4.78 is 27.2. The number of rotatable bonds is 7. The van der Waals surface area contributed by atoms with E-state index in [9.17, 15) is 18.4 Å². The van der Waals surface area contributed by atoms with Crippen molar-refractivity contribution in [3.05, 3.63) is 83.2 Å². The minimum atomic E-state index is -0.688. The SMILES string of the molecule is C=C(/C=C(\C)c1ccc(F)cc1F)C(=O)NC1(CC(C)=O)CN(C2CCC(C)CC2)C1.CC.Cc1cc(C(C)(C)C)ccn1. The van der Waals surface area contributed by atoms with E-state index < -0.39 is 17.2 Å². The summed E-state index contributed by atoms with van der Waals surface area (Å²) >= 11 is 0. The van der Waals surface area contributed by atoms with Crippen LogP contribution < -0.4 is 5.32 Å². The Morgan fingerprint density at radius 1 is 1.07 bits per heavy atom. The van der Waals surface area contributed by atoms with E-state index >= 15 is 0 Å². The van der Waals surface area contributed by atoms with Gasteiger partial charge in [0.25, 0.3) is 5.91 Å². The molecular weight excluding hydrogens is 556 g/mol. The fraction of sp³-hybridized carbons (Fsp3) is 0.541. The van der Waals surface area contributed by atoms with E-state index in [0.717, 1.165) is 30.5 Å². The molecule has 5 nitrogen and oxygen atoms in total. The fourth-order valence-corrected chi connectivity index (χ4v) is 5.86. The molecule has 1 aliphatic carbocycles. The first-order valence-corrected chi connectivity index (χ1v) is 15.9. The molecule has 0 spiro atoms. The summed E-state index contributed by atoms with van der Waals surface area (Å²) in [4.78, 5) is 31.2. The van der Waals surface area contributed by atoms with Gasteiger partial charge in [-0.05, 0) is 99.3 Å². The number of aryl methyl sites for hydroxylation is 1. The molecule has 1 N–H and O–H groups in total. The van der Waals surface area contributed by atoms with Crippen molar-refractivity contribution in [2.45, 2.75) is 111 Å². The lowest BCUT2D eigenvalue weighted by molar-refractivity contribution is -0.127. The number of Topliss-reactive ketones (excluding diaryl/α,β-unsaturated/α-hetero) is 1. The van der Waals surface area contributed by atoms with Gasteiger partial charge < -0.3 is 5.32 Å². The summed E-state index contributed by atoms with van der Waals surface area (Å²) in [5.74, 6) is -0.920. The van der Waals surface area contributed by atoms with Gasteiger partial charge in [0.1, 0.15) is 17.4 Å². The highest BCUT2D eigenvalue weighted by Gasteiger charge is 2.47. The van der Waals surface area contributed by atoms with Gasteiger partial charge in [0.2, 0.25) is 0 Å². The normalized spacial score (nSPS) is 19.8. The van der Waals surface area contributed by atoms with Crippen LogP contribution in [0.4, 0.5) is 8.78 Å². The maximum Gasteiger partial charge on any atom is 0.251 e. The predicted octanol–water partition coefficient (Wildman–Crippen LogP) is 8.37. The number of ketones is 1. The molecule has 2 heterocycles. The van der Waals surface area contributed by atoms with E-state index in [1.54, 1.807) is 6.92 Å². The van der Waals surface area contributed by atoms with Gasteiger partial charge in [-0.25, -0.2) is 8.78 Å². The lowest BCUT2D eigenvalue weighted by atomic mass is 9.79. The van der Waals surface area contributed by atoms with E-state index in [2.05, 4.69) is 61.6 Å². The summed E-state index contributed by atoms with van der Waals surface area (Å²) in [7, 11) is 0. The Hall–Kier alpha value is -3.19. The number of amides is 1. The number of carbonyl (C=O) groups is 2. The fourth-order valence-electron chi connectivity index (χ4n) is 5.86. The maximum atomic E-state index is 14.0. The van der Waals surface area contributed by atoms with Crippen molar-refractivity contribution in [3.63, 3.8) is 0 Å². The van der Waals surface area contributed by atoms with E-state index in [4.69, 9.17) is 0 Å². The second-order valence-corrected chi connectivity index (χ2v) is 13.3. The van der Waals surface area contributed by atoms with Crippen LogP contribution in [0, 0.1) is 24.5 Å². The van der Waals surface area contributed by atoms with Crippen LogP contribution in [0.3, 0.4) is 0 Å². The third kappa shape index (κ3) is 10.8. The molecule has 2 fully saturated rings. The van der Waals surface area contributed by atoms with E-state index in [-0.39, 0.29) is 34.7 Å². The van der Waals surface area contributed by atoms with Crippen LogP contribution in [-0.4, -0.2) is 46.2 Å². The highest BCUT2D eigenvalue weighted by atomic mass is 19.1. The molecule has 1 aromatic carbocycles. The molecular formula is C37H53F2N3O2. The van der Waals surface area contributed by atoms with Gasteiger partial charge >= 0.3 is 0 Å². The first-order chi connectivity index (χ1) is 20.6. The Balaban J connectivity index is 0.000000434. The number of aromatic nitrogens is 1. The van der Waals surface area contributed by atoms with Gasteiger partial charge in [0, 0.05) is 54.6 Å². The average Bonchev–Trinajstić information content (AvgIpc) is 2.92. The number of carbonyl (C=O) groups excluding carboxylic acids is 2. The van der Waals surface area contributed by atoms with Crippen LogP contribution >= 0.6 is 0 Å². The number of halogens is 2. The highest BCUT2D eigenvalue weighted by Crippen LogP contribution is 2.35. The Morgan fingerprint density at radius 2 is 1.68 bits per heavy atom. The van der Waals surface area contributed by atoms with Crippen molar-refractivity contribution in [3.8, 4) is 0 Å². The van der Waals surface area contributed by atoms with E-state index in [1.165, 1.54) is 43.5 Å². The van der Waals surface area contributed by atoms with Crippen LogP contribution in [0.1, 0.15) is 104 Å². The average molecular weight is 610 g/mol. The zero-order valence-corrected chi connectivity index (χ0v) is 28.3. The molecule has 44 heavy (non-hydrogen) atoms. The highest BCUT2D eigenvalue weighted by molar-refractivity contribution is 5.98. The predicted molar refractivity (Wildman–Crippen MR) is 177 cm³/mol. The summed E-state index contributed by atoms with van der Waals surface area (Å²) in [6, 6.07) is 8.06. The van der Waals surface area contributed by atoms with Crippen molar-refractivity contribution in [1.29, 1.82) is 0 Å². The number of nitrogens with zero attached hydrogens (tertiary/aromatic N) is 2. The van der Waals surface area contributed by atoms with Crippen molar-refractivity contribution < 1.29 is 18.4 Å². The lowest BCUT2D eigenvalue weighted by Crippen LogP contribution is -2.72. The second-order valence-electron chi connectivity index (χ2n) is 13.3. The molecule has 1 amide bonds. The van der Waals surface area contributed by atoms with Crippen LogP contribution in [0.5, 0.6) is 0 Å².